The Morgan fingerprint density at radius 1 is 0.968 bits per heavy atom. The molecule has 0 amide bonds. The van der Waals surface area contributed by atoms with Gasteiger partial charge in [0.25, 0.3) is 0 Å². The number of rotatable bonds is 9. The van der Waals surface area contributed by atoms with E-state index in [9.17, 15) is 4.79 Å². The average Bonchev–Trinajstić information content (AvgIpc) is 3.24. The molecule has 0 aliphatic carbocycles. The first-order chi connectivity index (χ1) is 15.3. The topological polar surface area (TPSA) is 69.9 Å². The smallest absolute Gasteiger partial charge is 0.192 e. The molecule has 1 atom stereocenters. The molecular weight excluding hydrogens is 408 g/mol. The van der Waals surface area contributed by atoms with Crippen molar-refractivity contribution < 1.29 is 9.53 Å². The zero-order chi connectivity index (χ0) is 21.5. The number of thioether (sulfide) groups is 1. The van der Waals surface area contributed by atoms with E-state index >= 15 is 0 Å². The number of hydrogen-bond acceptors (Lipinski definition) is 6. The lowest BCUT2D eigenvalue weighted by molar-refractivity contribution is 0.0989. The Bertz CT molecular complexity index is 1120. The highest BCUT2D eigenvalue weighted by Gasteiger charge is 2.26. The molecular formula is C24H22N4O2S. The first-order valence-electron chi connectivity index (χ1n) is 9.91. The summed E-state index contributed by atoms with van der Waals surface area (Å²) in [6, 6.07) is 22.9. The van der Waals surface area contributed by atoms with Gasteiger partial charge in [-0.3, -0.25) is 14.3 Å². The number of Topliss-reactive ketones (excluding diaryl/α,β-unsaturated/α-hetero) is 1. The van der Waals surface area contributed by atoms with Crippen molar-refractivity contribution in [3.63, 3.8) is 0 Å². The van der Waals surface area contributed by atoms with E-state index in [1.54, 1.807) is 19.5 Å². The summed E-state index contributed by atoms with van der Waals surface area (Å²) in [7, 11) is 1.66. The average molecular weight is 431 g/mol. The number of hydrogen-bond donors (Lipinski definition) is 0. The van der Waals surface area contributed by atoms with Crippen molar-refractivity contribution in [2.24, 2.45) is 0 Å². The summed E-state index contributed by atoms with van der Waals surface area (Å²) in [5.41, 5.74) is 2.50. The maximum atomic E-state index is 13.4. The van der Waals surface area contributed by atoms with E-state index in [1.807, 2.05) is 77.4 Å². The number of aromatic nitrogens is 4. The summed E-state index contributed by atoms with van der Waals surface area (Å²) < 4.78 is 7.30. The normalized spacial score (nSPS) is 11.9. The highest BCUT2D eigenvalue weighted by Crippen LogP contribution is 2.38. The van der Waals surface area contributed by atoms with E-state index in [4.69, 9.17) is 4.74 Å². The van der Waals surface area contributed by atoms with Gasteiger partial charge in [-0.25, -0.2) is 0 Å². The van der Waals surface area contributed by atoms with Crippen LogP contribution in [0.15, 0.2) is 90.3 Å². The SMILES string of the molecule is COCCn1c(S[C@@H](C(=O)c2ccccc2)c2ccccc2)nnc1-c1ccncc1. The van der Waals surface area contributed by atoms with Gasteiger partial charge in [0.2, 0.25) is 0 Å². The highest BCUT2D eigenvalue weighted by atomic mass is 32.2. The second kappa shape index (κ2) is 10.1. The van der Waals surface area contributed by atoms with Gasteiger partial charge in [0.05, 0.1) is 13.2 Å². The highest BCUT2D eigenvalue weighted by molar-refractivity contribution is 8.00. The lowest BCUT2D eigenvalue weighted by atomic mass is 10.0. The molecule has 0 bridgehead atoms. The molecule has 4 rings (SSSR count). The monoisotopic (exact) mass is 430 g/mol. The van der Waals surface area contributed by atoms with Gasteiger partial charge >= 0.3 is 0 Å². The van der Waals surface area contributed by atoms with Crippen LogP contribution in [0.2, 0.25) is 0 Å². The molecule has 0 fully saturated rings. The van der Waals surface area contributed by atoms with Crippen LogP contribution in [-0.2, 0) is 11.3 Å². The minimum Gasteiger partial charge on any atom is -0.383 e. The molecule has 6 nitrogen and oxygen atoms in total. The fourth-order valence-electron chi connectivity index (χ4n) is 3.23. The molecule has 0 aliphatic rings. The van der Waals surface area contributed by atoms with Crippen molar-refractivity contribution in [3.05, 3.63) is 96.3 Å². The van der Waals surface area contributed by atoms with Crippen molar-refractivity contribution in [1.82, 2.24) is 19.7 Å². The van der Waals surface area contributed by atoms with Gasteiger partial charge in [-0.15, -0.1) is 10.2 Å². The zero-order valence-corrected chi connectivity index (χ0v) is 17.9. The predicted molar refractivity (Wildman–Crippen MR) is 121 cm³/mol. The molecule has 4 aromatic rings. The third kappa shape index (κ3) is 4.90. The van der Waals surface area contributed by atoms with E-state index in [0.717, 1.165) is 17.0 Å². The maximum absolute atomic E-state index is 13.4. The number of carbonyl (C=O) groups is 1. The molecule has 0 N–H and O–H groups in total. The Labute approximate surface area is 185 Å². The van der Waals surface area contributed by atoms with E-state index in [2.05, 4.69) is 15.2 Å². The fourth-order valence-corrected chi connectivity index (χ4v) is 4.37. The van der Waals surface area contributed by atoms with E-state index in [0.29, 0.717) is 23.9 Å². The third-order valence-electron chi connectivity index (χ3n) is 4.80. The molecule has 0 aliphatic heterocycles. The number of carbonyl (C=O) groups excluding carboxylic acids is 1. The Hall–Kier alpha value is -3.29. The van der Waals surface area contributed by atoms with Gasteiger partial charge in [0.1, 0.15) is 5.25 Å². The molecule has 0 saturated heterocycles. The molecule has 7 heteroatoms. The Morgan fingerprint density at radius 3 is 2.32 bits per heavy atom. The van der Waals surface area contributed by atoms with Crippen molar-refractivity contribution in [2.45, 2.75) is 17.0 Å². The Balaban J connectivity index is 1.73. The van der Waals surface area contributed by atoms with Gasteiger partial charge in [-0.05, 0) is 17.7 Å². The first-order valence-corrected chi connectivity index (χ1v) is 10.8. The summed E-state index contributed by atoms with van der Waals surface area (Å²) in [6.45, 7) is 1.08. The van der Waals surface area contributed by atoms with Gasteiger partial charge in [0, 0.05) is 30.6 Å². The summed E-state index contributed by atoms with van der Waals surface area (Å²) in [4.78, 5) is 17.5. The second-order valence-electron chi connectivity index (χ2n) is 6.83. The lowest BCUT2D eigenvalue weighted by Gasteiger charge is -2.17. The van der Waals surface area contributed by atoms with Crippen LogP contribution in [0.25, 0.3) is 11.4 Å². The van der Waals surface area contributed by atoms with Crippen LogP contribution >= 0.6 is 11.8 Å². The Kier molecular flexibility index (Phi) is 6.86. The maximum Gasteiger partial charge on any atom is 0.192 e. The molecule has 156 valence electrons. The summed E-state index contributed by atoms with van der Waals surface area (Å²) in [6.07, 6.45) is 3.45. The molecule has 2 heterocycles. The number of ether oxygens (including phenoxy) is 1. The van der Waals surface area contributed by atoms with Gasteiger partial charge in [-0.2, -0.15) is 0 Å². The molecule has 2 aromatic heterocycles. The molecule has 0 saturated carbocycles. The summed E-state index contributed by atoms with van der Waals surface area (Å²) >= 11 is 1.41. The van der Waals surface area contributed by atoms with Crippen LogP contribution in [0.4, 0.5) is 0 Å². The summed E-state index contributed by atoms with van der Waals surface area (Å²) in [5, 5.41) is 9.07. The van der Waals surface area contributed by atoms with Gasteiger partial charge < -0.3 is 4.74 Å². The van der Waals surface area contributed by atoms with Gasteiger partial charge in [0.15, 0.2) is 16.8 Å². The van der Waals surface area contributed by atoms with Crippen LogP contribution in [0, 0.1) is 0 Å². The predicted octanol–water partition coefficient (Wildman–Crippen LogP) is 4.70. The van der Waals surface area contributed by atoms with Crippen molar-refractivity contribution >= 4 is 17.5 Å². The molecule has 31 heavy (non-hydrogen) atoms. The number of pyridine rings is 1. The van der Waals surface area contributed by atoms with Crippen LogP contribution in [0.5, 0.6) is 0 Å². The van der Waals surface area contributed by atoms with Crippen molar-refractivity contribution in [1.29, 1.82) is 0 Å². The van der Waals surface area contributed by atoms with E-state index < -0.39 is 5.25 Å². The van der Waals surface area contributed by atoms with Crippen LogP contribution < -0.4 is 0 Å². The first kappa shape index (κ1) is 21.0. The van der Waals surface area contributed by atoms with Crippen molar-refractivity contribution in [3.8, 4) is 11.4 Å². The second-order valence-corrected chi connectivity index (χ2v) is 7.90. The number of methoxy groups -OCH3 is 1. The number of nitrogens with zero attached hydrogens (tertiary/aromatic N) is 4. The lowest BCUT2D eigenvalue weighted by Crippen LogP contribution is -2.13. The third-order valence-corrected chi connectivity index (χ3v) is 6.03. The van der Waals surface area contributed by atoms with E-state index in [1.165, 1.54) is 11.8 Å². The minimum absolute atomic E-state index is 0.0311. The van der Waals surface area contributed by atoms with Crippen LogP contribution in [-0.4, -0.2) is 39.2 Å². The zero-order valence-electron chi connectivity index (χ0n) is 17.1. The minimum atomic E-state index is -0.445. The largest absolute Gasteiger partial charge is 0.383 e. The fraction of sp³-hybridized carbons (Fsp3) is 0.167. The summed E-state index contributed by atoms with van der Waals surface area (Å²) in [5.74, 6) is 0.754. The van der Waals surface area contributed by atoms with Crippen LogP contribution in [0.1, 0.15) is 21.2 Å². The molecule has 0 unspecified atom stereocenters. The Morgan fingerprint density at radius 2 is 1.65 bits per heavy atom. The quantitative estimate of drug-likeness (QED) is 0.283. The molecule has 0 spiro atoms. The van der Waals surface area contributed by atoms with E-state index in [-0.39, 0.29) is 5.78 Å². The number of benzene rings is 2. The van der Waals surface area contributed by atoms with Crippen molar-refractivity contribution in [2.75, 3.05) is 13.7 Å². The van der Waals surface area contributed by atoms with Crippen LogP contribution in [0.3, 0.4) is 0 Å². The molecule has 0 radical (unpaired) electrons. The molecule has 2 aromatic carbocycles. The number of ketones is 1. The standard InChI is InChI=1S/C24H22N4O2S/c1-30-17-16-28-23(20-12-14-25-15-13-20)26-27-24(28)31-22(19-10-6-3-7-11-19)21(29)18-8-4-2-5-9-18/h2-15,22H,16-17H2,1H3/t22-/m1/s1. The van der Waals surface area contributed by atoms with Gasteiger partial charge in [-0.1, -0.05) is 72.4 Å².